The standard InChI is InChI=1S/C12H11BrF2N2O2/c1-2-7-11(18)17-8-3-6(5-13)4-9(10(8)16-7)19-12(14)15/h3-4,12H,2,5H2,1H3,(H,17,18). The fraction of sp³-hybridized carbons (Fsp3) is 0.333. The van der Waals surface area contributed by atoms with Gasteiger partial charge in [0.2, 0.25) is 0 Å². The normalized spacial score (nSPS) is 11.2. The van der Waals surface area contributed by atoms with Crippen molar-refractivity contribution in [1.82, 2.24) is 9.97 Å². The highest BCUT2D eigenvalue weighted by molar-refractivity contribution is 9.08. The highest BCUT2D eigenvalue weighted by atomic mass is 79.9. The number of alkyl halides is 3. The van der Waals surface area contributed by atoms with Crippen LogP contribution in [0.3, 0.4) is 0 Å². The SMILES string of the molecule is CCc1nc2c(OC(F)F)cc(CBr)cc2[nH]c1=O. The van der Waals surface area contributed by atoms with Crippen molar-refractivity contribution in [2.24, 2.45) is 0 Å². The average molecular weight is 333 g/mol. The number of aryl methyl sites for hydroxylation is 1. The van der Waals surface area contributed by atoms with Gasteiger partial charge < -0.3 is 9.72 Å². The summed E-state index contributed by atoms with van der Waals surface area (Å²) in [6, 6.07) is 3.16. The third kappa shape index (κ3) is 2.91. The zero-order chi connectivity index (χ0) is 14.0. The molecule has 4 nitrogen and oxygen atoms in total. The molecule has 2 rings (SSSR count). The summed E-state index contributed by atoms with van der Waals surface area (Å²) in [6.07, 6.45) is 0.416. The Morgan fingerprint density at radius 2 is 2.21 bits per heavy atom. The third-order valence-corrected chi connectivity index (χ3v) is 3.24. The number of ether oxygens (including phenoxy) is 1. The second kappa shape index (κ2) is 5.64. The van der Waals surface area contributed by atoms with E-state index in [9.17, 15) is 13.6 Å². The molecule has 0 radical (unpaired) electrons. The number of aromatic amines is 1. The summed E-state index contributed by atoms with van der Waals surface area (Å²) < 4.78 is 29.3. The molecule has 19 heavy (non-hydrogen) atoms. The van der Waals surface area contributed by atoms with E-state index in [2.05, 4.69) is 30.6 Å². The average Bonchev–Trinajstić information content (AvgIpc) is 2.36. The molecule has 1 heterocycles. The van der Waals surface area contributed by atoms with E-state index in [1.165, 1.54) is 6.07 Å². The number of hydrogen-bond acceptors (Lipinski definition) is 3. The minimum absolute atomic E-state index is 0.0344. The Labute approximate surface area is 115 Å². The molecular weight excluding hydrogens is 322 g/mol. The predicted octanol–water partition coefficient (Wildman–Crippen LogP) is 2.98. The molecule has 0 aliphatic rings. The van der Waals surface area contributed by atoms with Crippen LogP contribution in [0.15, 0.2) is 16.9 Å². The van der Waals surface area contributed by atoms with E-state index in [1.807, 2.05) is 0 Å². The van der Waals surface area contributed by atoms with Crippen LogP contribution in [0.25, 0.3) is 11.0 Å². The van der Waals surface area contributed by atoms with Gasteiger partial charge in [-0.05, 0) is 24.1 Å². The van der Waals surface area contributed by atoms with Crippen molar-refractivity contribution in [2.45, 2.75) is 25.3 Å². The van der Waals surface area contributed by atoms with Gasteiger partial charge in [-0.1, -0.05) is 22.9 Å². The maximum Gasteiger partial charge on any atom is 0.387 e. The molecule has 2 aromatic rings. The lowest BCUT2D eigenvalue weighted by atomic mass is 10.2. The molecule has 1 N–H and O–H groups in total. The van der Waals surface area contributed by atoms with E-state index in [4.69, 9.17) is 0 Å². The van der Waals surface area contributed by atoms with Gasteiger partial charge in [-0.3, -0.25) is 4.79 Å². The maximum absolute atomic E-state index is 12.4. The molecule has 0 aliphatic heterocycles. The van der Waals surface area contributed by atoms with Gasteiger partial charge in [0.15, 0.2) is 5.75 Å². The zero-order valence-corrected chi connectivity index (χ0v) is 11.6. The van der Waals surface area contributed by atoms with Crippen molar-refractivity contribution in [3.8, 4) is 5.75 Å². The summed E-state index contributed by atoms with van der Waals surface area (Å²) in [5, 5.41) is 0.458. The van der Waals surface area contributed by atoms with Gasteiger partial charge in [0.1, 0.15) is 11.2 Å². The molecule has 0 spiro atoms. The molecule has 0 aliphatic carbocycles. The molecule has 0 unspecified atom stereocenters. The van der Waals surface area contributed by atoms with Crippen molar-refractivity contribution in [3.05, 3.63) is 33.7 Å². The Hall–Kier alpha value is -1.50. The molecule has 0 saturated carbocycles. The fourth-order valence-electron chi connectivity index (χ4n) is 1.76. The number of rotatable bonds is 4. The Morgan fingerprint density at radius 1 is 1.47 bits per heavy atom. The van der Waals surface area contributed by atoms with Gasteiger partial charge in [-0.15, -0.1) is 0 Å². The van der Waals surface area contributed by atoms with E-state index in [0.717, 1.165) is 0 Å². The summed E-state index contributed by atoms with van der Waals surface area (Å²) in [4.78, 5) is 18.4. The van der Waals surface area contributed by atoms with Crippen molar-refractivity contribution in [3.63, 3.8) is 0 Å². The lowest BCUT2D eigenvalue weighted by Crippen LogP contribution is -2.15. The topological polar surface area (TPSA) is 55.0 Å². The predicted molar refractivity (Wildman–Crippen MR) is 71.0 cm³/mol. The number of hydrogen-bond donors (Lipinski definition) is 1. The Morgan fingerprint density at radius 3 is 2.79 bits per heavy atom. The smallest absolute Gasteiger partial charge is 0.387 e. The molecule has 7 heteroatoms. The summed E-state index contributed by atoms with van der Waals surface area (Å²) in [5.41, 5.74) is 1.31. The highest BCUT2D eigenvalue weighted by Crippen LogP contribution is 2.27. The second-order valence-corrected chi connectivity index (χ2v) is 4.43. The van der Waals surface area contributed by atoms with Crippen LogP contribution in [0.4, 0.5) is 8.78 Å². The van der Waals surface area contributed by atoms with Crippen LogP contribution in [0.1, 0.15) is 18.2 Å². The lowest BCUT2D eigenvalue weighted by Gasteiger charge is -2.10. The molecule has 0 saturated heterocycles. The lowest BCUT2D eigenvalue weighted by molar-refractivity contribution is -0.0489. The van der Waals surface area contributed by atoms with Gasteiger partial charge in [0.25, 0.3) is 5.56 Å². The van der Waals surface area contributed by atoms with Gasteiger partial charge >= 0.3 is 6.61 Å². The van der Waals surface area contributed by atoms with E-state index in [-0.39, 0.29) is 16.8 Å². The van der Waals surface area contributed by atoms with E-state index in [0.29, 0.717) is 28.5 Å². The fourth-order valence-corrected chi connectivity index (χ4v) is 2.08. The number of H-pyrrole nitrogens is 1. The van der Waals surface area contributed by atoms with Gasteiger partial charge in [-0.25, -0.2) is 4.98 Å². The van der Waals surface area contributed by atoms with Crippen molar-refractivity contribution < 1.29 is 13.5 Å². The number of halogens is 3. The molecule has 0 fully saturated rings. The van der Waals surface area contributed by atoms with Crippen LogP contribution in [0.5, 0.6) is 5.75 Å². The number of fused-ring (bicyclic) bond motifs is 1. The van der Waals surface area contributed by atoms with Gasteiger partial charge in [-0.2, -0.15) is 8.78 Å². The van der Waals surface area contributed by atoms with Crippen LogP contribution in [-0.4, -0.2) is 16.6 Å². The monoisotopic (exact) mass is 332 g/mol. The Bertz CT molecular complexity index is 658. The molecule has 0 bridgehead atoms. The Kier molecular flexibility index (Phi) is 4.14. The zero-order valence-electron chi connectivity index (χ0n) is 10.0. The number of benzene rings is 1. The first-order chi connectivity index (χ1) is 9.05. The van der Waals surface area contributed by atoms with Gasteiger partial charge in [0, 0.05) is 5.33 Å². The minimum atomic E-state index is -2.94. The second-order valence-electron chi connectivity index (χ2n) is 3.87. The molecule has 1 aromatic heterocycles. The number of nitrogens with zero attached hydrogens (tertiary/aromatic N) is 1. The number of aromatic nitrogens is 2. The summed E-state index contributed by atoms with van der Waals surface area (Å²) >= 11 is 3.23. The summed E-state index contributed by atoms with van der Waals surface area (Å²) in [7, 11) is 0. The van der Waals surface area contributed by atoms with Crippen LogP contribution in [0.2, 0.25) is 0 Å². The third-order valence-electron chi connectivity index (χ3n) is 2.60. The van der Waals surface area contributed by atoms with Gasteiger partial charge in [0.05, 0.1) is 5.52 Å². The van der Waals surface area contributed by atoms with E-state index >= 15 is 0 Å². The minimum Gasteiger partial charge on any atom is -0.432 e. The van der Waals surface area contributed by atoms with Crippen molar-refractivity contribution >= 4 is 27.0 Å². The van der Waals surface area contributed by atoms with Crippen LogP contribution < -0.4 is 10.3 Å². The maximum atomic E-state index is 12.4. The van der Waals surface area contributed by atoms with Crippen molar-refractivity contribution in [2.75, 3.05) is 0 Å². The molecular formula is C12H11BrF2N2O2. The highest BCUT2D eigenvalue weighted by Gasteiger charge is 2.13. The molecule has 1 aromatic carbocycles. The van der Waals surface area contributed by atoms with Crippen LogP contribution in [-0.2, 0) is 11.8 Å². The molecule has 102 valence electrons. The van der Waals surface area contributed by atoms with Crippen LogP contribution in [0, 0.1) is 0 Å². The molecule has 0 amide bonds. The summed E-state index contributed by atoms with van der Waals surface area (Å²) in [5.74, 6) is -0.0344. The van der Waals surface area contributed by atoms with E-state index in [1.54, 1.807) is 13.0 Å². The van der Waals surface area contributed by atoms with E-state index < -0.39 is 6.61 Å². The quantitative estimate of drug-likeness (QED) is 0.875. The molecule has 0 atom stereocenters. The number of nitrogens with one attached hydrogen (secondary N) is 1. The summed E-state index contributed by atoms with van der Waals surface area (Å²) in [6.45, 7) is -1.17. The van der Waals surface area contributed by atoms with Crippen LogP contribution >= 0.6 is 15.9 Å². The van der Waals surface area contributed by atoms with Crippen molar-refractivity contribution in [1.29, 1.82) is 0 Å². The first-order valence-electron chi connectivity index (χ1n) is 5.61. The first-order valence-corrected chi connectivity index (χ1v) is 6.74. The largest absolute Gasteiger partial charge is 0.432 e. The first kappa shape index (κ1) is 13.9. The Balaban J connectivity index is 2.72.